The lowest BCUT2D eigenvalue weighted by Crippen LogP contribution is -2.16. The van der Waals surface area contributed by atoms with Crippen molar-refractivity contribution < 1.29 is 9.59 Å². The molecule has 0 amide bonds. The number of carbonyl (C=O) groups excluding carboxylic acids is 2. The van der Waals surface area contributed by atoms with Gasteiger partial charge in [0.25, 0.3) is 0 Å². The molecular formula is C10H13NO2. The van der Waals surface area contributed by atoms with Gasteiger partial charge in [-0.15, -0.1) is 0 Å². The third-order valence-corrected chi connectivity index (χ3v) is 2.00. The number of nitrogens with zero attached hydrogens (tertiary/aromatic N) is 1. The lowest BCUT2D eigenvalue weighted by atomic mass is 9.99. The molecular weight excluding hydrogens is 166 g/mol. The van der Waals surface area contributed by atoms with Gasteiger partial charge in [-0.25, -0.2) is 0 Å². The van der Waals surface area contributed by atoms with E-state index in [2.05, 4.69) is 0 Å². The van der Waals surface area contributed by atoms with Crippen molar-refractivity contribution in [3.63, 3.8) is 0 Å². The molecule has 0 aromatic carbocycles. The quantitative estimate of drug-likeness (QED) is 0.640. The van der Waals surface area contributed by atoms with Crippen LogP contribution in [0.1, 0.15) is 20.3 Å². The molecule has 13 heavy (non-hydrogen) atoms. The Labute approximate surface area is 77.7 Å². The molecule has 0 N–H and O–H groups in total. The second kappa shape index (κ2) is 3.56. The Morgan fingerprint density at radius 1 is 1.15 bits per heavy atom. The Morgan fingerprint density at radius 3 is 1.85 bits per heavy atom. The van der Waals surface area contributed by atoms with Crippen molar-refractivity contribution >= 4 is 11.6 Å². The maximum absolute atomic E-state index is 11.1. The molecule has 1 rings (SSSR count). The summed E-state index contributed by atoms with van der Waals surface area (Å²) in [6, 6.07) is 0. The largest absolute Gasteiger partial charge is 0.356 e. The number of Topliss-reactive ketones (excluding diaryl/α,β-unsaturated/α-hetero) is 2. The molecule has 0 bridgehead atoms. The van der Waals surface area contributed by atoms with Gasteiger partial charge in [0.15, 0.2) is 11.6 Å². The van der Waals surface area contributed by atoms with Crippen molar-refractivity contribution in [2.45, 2.75) is 20.3 Å². The molecule has 0 atom stereocenters. The zero-order valence-corrected chi connectivity index (χ0v) is 8.13. The third kappa shape index (κ3) is 2.28. The van der Waals surface area contributed by atoms with Crippen molar-refractivity contribution in [2.24, 2.45) is 0 Å². The Balaban J connectivity index is 2.88. The summed E-state index contributed by atoms with van der Waals surface area (Å²) in [7, 11) is 1.81. The van der Waals surface area contributed by atoms with Gasteiger partial charge >= 0.3 is 0 Å². The third-order valence-electron chi connectivity index (χ3n) is 2.00. The molecule has 0 saturated carbocycles. The minimum absolute atomic E-state index is 0.0266. The van der Waals surface area contributed by atoms with Crippen LogP contribution in [0.25, 0.3) is 0 Å². The van der Waals surface area contributed by atoms with Crippen LogP contribution in [-0.2, 0) is 9.59 Å². The number of hydrogen-bond acceptors (Lipinski definition) is 3. The summed E-state index contributed by atoms with van der Waals surface area (Å²) in [6.07, 6.45) is 3.98. The first-order valence-electron chi connectivity index (χ1n) is 4.16. The second-order valence-electron chi connectivity index (χ2n) is 3.26. The number of hydrogen-bond donors (Lipinski definition) is 0. The Hall–Kier alpha value is -1.38. The summed E-state index contributed by atoms with van der Waals surface area (Å²) < 4.78 is 0. The highest BCUT2D eigenvalue weighted by molar-refractivity contribution is 5.99. The molecule has 3 nitrogen and oxygen atoms in total. The molecule has 0 fully saturated rings. The zero-order valence-electron chi connectivity index (χ0n) is 8.13. The molecule has 0 radical (unpaired) electrons. The Morgan fingerprint density at radius 2 is 1.54 bits per heavy atom. The van der Waals surface area contributed by atoms with Crippen molar-refractivity contribution in [1.29, 1.82) is 0 Å². The minimum Gasteiger partial charge on any atom is -0.356 e. The van der Waals surface area contributed by atoms with Crippen molar-refractivity contribution in [2.75, 3.05) is 7.05 Å². The van der Waals surface area contributed by atoms with E-state index in [0.29, 0.717) is 17.6 Å². The fourth-order valence-electron chi connectivity index (χ4n) is 1.26. The van der Waals surface area contributed by atoms with Crippen molar-refractivity contribution in [1.82, 2.24) is 4.90 Å². The van der Waals surface area contributed by atoms with Crippen LogP contribution in [-0.4, -0.2) is 23.5 Å². The van der Waals surface area contributed by atoms with Gasteiger partial charge in [-0.1, -0.05) is 0 Å². The normalized spacial score (nSPS) is 16.4. The smallest absolute Gasteiger partial charge is 0.157 e. The van der Waals surface area contributed by atoms with Crippen LogP contribution < -0.4 is 0 Å². The lowest BCUT2D eigenvalue weighted by molar-refractivity contribution is -0.114. The monoisotopic (exact) mass is 179 g/mol. The van der Waals surface area contributed by atoms with Gasteiger partial charge in [0.05, 0.1) is 0 Å². The number of ketones is 2. The summed E-state index contributed by atoms with van der Waals surface area (Å²) >= 11 is 0. The number of allylic oxidation sites excluding steroid dienone is 2. The highest BCUT2D eigenvalue weighted by atomic mass is 16.1. The molecule has 1 aliphatic heterocycles. The SMILES string of the molecule is CC(=O)C1=CN(C)C=C(C(C)=O)C1. The van der Waals surface area contributed by atoms with Gasteiger partial charge < -0.3 is 4.90 Å². The summed E-state index contributed by atoms with van der Waals surface area (Å²) in [5.41, 5.74) is 1.38. The maximum atomic E-state index is 11.1. The molecule has 0 aromatic heterocycles. The van der Waals surface area contributed by atoms with Crippen molar-refractivity contribution in [3.05, 3.63) is 23.5 Å². The average Bonchev–Trinajstić information content (AvgIpc) is 2.03. The summed E-state index contributed by atoms with van der Waals surface area (Å²) in [4.78, 5) is 23.9. The second-order valence-corrected chi connectivity index (χ2v) is 3.26. The van der Waals surface area contributed by atoms with E-state index in [4.69, 9.17) is 0 Å². The number of carbonyl (C=O) groups is 2. The standard InChI is InChI=1S/C10H13NO2/c1-7(12)9-4-10(8(2)13)6-11(3)5-9/h5-6H,4H2,1-3H3. The van der Waals surface area contributed by atoms with Crippen LogP contribution in [0.2, 0.25) is 0 Å². The topological polar surface area (TPSA) is 37.4 Å². The van der Waals surface area contributed by atoms with Gasteiger partial charge in [0.1, 0.15) is 0 Å². The average molecular weight is 179 g/mol. The fraction of sp³-hybridized carbons (Fsp3) is 0.400. The molecule has 1 heterocycles. The zero-order chi connectivity index (χ0) is 10.0. The summed E-state index contributed by atoms with van der Waals surface area (Å²) in [6.45, 7) is 3.03. The van der Waals surface area contributed by atoms with E-state index < -0.39 is 0 Å². The van der Waals surface area contributed by atoms with Crippen molar-refractivity contribution in [3.8, 4) is 0 Å². The van der Waals surface area contributed by atoms with Crippen LogP contribution >= 0.6 is 0 Å². The molecule has 0 aromatic rings. The molecule has 3 heteroatoms. The summed E-state index contributed by atoms with van der Waals surface area (Å²) in [5.74, 6) is 0.0531. The van der Waals surface area contributed by atoms with Gasteiger partial charge in [-0.3, -0.25) is 9.59 Å². The molecule has 0 spiro atoms. The van der Waals surface area contributed by atoms with E-state index >= 15 is 0 Å². The predicted molar refractivity (Wildman–Crippen MR) is 49.9 cm³/mol. The van der Waals surface area contributed by atoms with E-state index in [0.717, 1.165) is 0 Å². The van der Waals surface area contributed by atoms with Gasteiger partial charge in [-0.2, -0.15) is 0 Å². The number of rotatable bonds is 2. The minimum atomic E-state index is 0.0266. The first-order valence-corrected chi connectivity index (χ1v) is 4.16. The van der Waals surface area contributed by atoms with E-state index in [9.17, 15) is 9.59 Å². The fourth-order valence-corrected chi connectivity index (χ4v) is 1.26. The Kier molecular flexibility index (Phi) is 2.66. The molecule has 0 unspecified atom stereocenters. The molecule has 1 aliphatic rings. The maximum Gasteiger partial charge on any atom is 0.157 e. The van der Waals surface area contributed by atoms with Gasteiger partial charge in [0, 0.05) is 37.0 Å². The predicted octanol–water partition coefficient (Wildman–Crippen LogP) is 1.27. The van der Waals surface area contributed by atoms with Crippen LogP contribution in [0.5, 0.6) is 0 Å². The molecule has 0 aliphatic carbocycles. The Bertz CT molecular complexity index is 283. The van der Waals surface area contributed by atoms with Crippen LogP contribution in [0.15, 0.2) is 23.5 Å². The molecule has 70 valence electrons. The van der Waals surface area contributed by atoms with E-state index in [1.807, 2.05) is 7.05 Å². The first-order chi connectivity index (χ1) is 6.00. The van der Waals surface area contributed by atoms with Gasteiger partial charge in [0.2, 0.25) is 0 Å². The van der Waals surface area contributed by atoms with E-state index in [1.165, 1.54) is 13.8 Å². The van der Waals surface area contributed by atoms with Crippen LogP contribution in [0, 0.1) is 0 Å². The van der Waals surface area contributed by atoms with Gasteiger partial charge in [-0.05, 0) is 13.8 Å². The lowest BCUT2D eigenvalue weighted by Gasteiger charge is -2.19. The van der Waals surface area contributed by atoms with E-state index in [1.54, 1.807) is 17.3 Å². The highest BCUT2D eigenvalue weighted by Crippen LogP contribution is 2.19. The molecule has 0 saturated heterocycles. The van der Waals surface area contributed by atoms with E-state index in [-0.39, 0.29) is 11.6 Å². The van der Waals surface area contributed by atoms with Crippen LogP contribution in [0.3, 0.4) is 0 Å². The summed E-state index contributed by atoms with van der Waals surface area (Å²) in [5, 5.41) is 0. The first kappa shape index (κ1) is 9.71. The highest BCUT2D eigenvalue weighted by Gasteiger charge is 2.15. The van der Waals surface area contributed by atoms with Crippen LogP contribution in [0.4, 0.5) is 0 Å².